The molecule has 1 aromatic heterocycles. The molecular formula is C25H23FN3O7S3+. The van der Waals surface area contributed by atoms with Crippen LogP contribution in [-0.4, -0.2) is 45.8 Å². The van der Waals surface area contributed by atoms with Crippen molar-refractivity contribution in [2.75, 3.05) is 23.5 Å². The number of nitrogens with one attached hydrogen (secondary N) is 1. The number of benzene rings is 3. The molecule has 1 amide bonds. The van der Waals surface area contributed by atoms with E-state index in [9.17, 15) is 30.6 Å². The van der Waals surface area contributed by atoms with Gasteiger partial charge in [0.05, 0.1) is 23.8 Å². The number of carbonyl (C=O) groups is 1. The number of thiazole rings is 1. The Hall–Kier alpha value is -3.59. The molecule has 0 spiro atoms. The van der Waals surface area contributed by atoms with E-state index in [-0.39, 0.29) is 13.0 Å². The van der Waals surface area contributed by atoms with Gasteiger partial charge in [0.15, 0.2) is 5.75 Å². The Kier molecular flexibility index (Phi) is 7.05. The number of anilines is 1. The molecule has 1 aliphatic rings. The van der Waals surface area contributed by atoms with Gasteiger partial charge in [-0.3, -0.25) is 9.35 Å². The van der Waals surface area contributed by atoms with Crippen molar-refractivity contribution in [3.8, 4) is 5.75 Å². The monoisotopic (exact) mass is 592 g/mol. The molecule has 0 bridgehead atoms. The third-order valence-electron chi connectivity index (χ3n) is 5.92. The summed E-state index contributed by atoms with van der Waals surface area (Å²) >= 11 is 1.24. The van der Waals surface area contributed by atoms with Crippen LogP contribution >= 0.6 is 11.3 Å². The van der Waals surface area contributed by atoms with Gasteiger partial charge in [-0.15, -0.1) is 0 Å². The minimum absolute atomic E-state index is 0.0974. The lowest BCUT2D eigenvalue weighted by Crippen LogP contribution is -2.45. The van der Waals surface area contributed by atoms with E-state index in [1.807, 2.05) is 41.1 Å². The first-order valence-corrected chi connectivity index (χ1v) is 16.0. The highest BCUT2D eigenvalue weighted by Crippen LogP contribution is 2.42. The molecule has 10 nitrogen and oxygen atoms in total. The Morgan fingerprint density at radius 1 is 1.13 bits per heavy atom. The maximum absolute atomic E-state index is 14.1. The van der Waals surface area contributed by atoms with E-state index >= 15 is 0 Å². The third-order valence-corrected chi connectivity index (χ3v) is 8.44. The van der Waals surface area contributed by atoms with Crippen LogP contribution in [0.15, 0.2) is 60.5 Å². The van der Waals surface area contributed by atoms with Crippen LogP contribution in [0, 0.1) is 5.82 Å². The highest BCUT2D eigenvalue weighted by Gasteiger charge is 2.31. The van der Waals surface area contributed by atoms with E-state index in [1.54, 1.807) is 17.0 Å². The molecular weight excluding hydrogens is 569 g/mol. The van der Waals surface area contributed by atoms with E-state index in [2.05, 4.69) is 0 Å². The molecule has 4 aromatic rings. The van der Waals surface area contributed by atoms with Crippen LogP contribution in [0.1, 0.15) is 11.4 Å². The quantitative estimate of drug-likeness (QED) is 0.236. The number of hydrogen-bond acceptors (Lipinski definition) is 8. The summed E-state index contributed by atoms with van der Waals surface area (Å²) in [7, 11) is -7.99. The summed E-state index contributed by atoms with van der Waals surface area (Å²) in [6, 6.07) is 15.5. The lowest BCUT2D eigenvalue weighted by atomic mass is 10.1. The Bertz CT molecular complexity index is 1870. The lowest BCUT2D eigenvalue weighted by Gasteiger charge is -2.17. The van der Waals surface area contributed by atoms with Crippen molar-refractivity contribution in [3.05, 3.63) is 71.3 Å². The Labute approximate surface area is 227 Å². The maximum Gasteiger partial charge on any atom is 0.299 e. The van der Waals surface area contributed by atoms with Gasteiger partial charge in [0.1, 0.15) is 10.5 Å². The van der Waals surface area contributed by atoms with Crippen molar-refractivity contribution in [1.29, 1.82) is 0 Å². The summed E-state index contributed by atoms with van der Waals surface area (Å²) in [5.41, 5.74) is 1.07. The molecule has 0 saturated carbocycles. The first-order valence-electron chi connectivity index (χ1n) is 11.6. The highest BCUT2D eigenvalue weighted by molar-refractivity contribution is 7.89. The van der Waals surface area contributed by atoms with E-state index in [0.717, 1.165) is 17.0 Å². The molecule has 3 aromatic carbocycles. The van der Waals surface area contributed by atoms with E-state index < -0.39 is 44.2 Å². The fraction of sp³-hybridized carbons (Fsp3) is 0.200. The van der Waals surface area contributed by atoms with Gasteiger partial charge in [0.25, 0.3) is 21.0 Å². The minimum atomic E-state index is -4.18. The average molecular weight is 593 g/mol. The van der Waals surface area contributed by atoms with E-state index in [0.29, 0.717) is 32.5 Å². The highest BCUT2D eigenvalue weighted by atomic mass is 32.2. The molecule has 5 rings (SSSR count). The number of sulfonamides is 1. The molecule has 0 saturated heterocycles. The molecule has 14 heteroatoms. The molecule has 0 unspecified atom stereocenters. The second kappa shape index (κ2) is 10.2. The number of amides is 1. The van der Waals surface area contributed by atoms with Gasteiger partial charge in [-0.1, -0.05) is 35.6 Å². The SMILES string of the molecule is CS(=O)(=O)NC(=O)C[n+]1c(C=C2Oc3cc4ccccc4cc3N2CCCS(=O)(=O)O)sc2ccc(F)cc21. The van der Waals surface area contributed by atoms with Gasteiger partial charge in [-0.05, 0) is 41.5 Å². The lowest BCUT2D eigenvalue weighted by molar-refractivity contribution is -0.655. The van der Waals surface area contributed by atoms with Gasteiger partial charge in [0, 0.05) is 12.6 Å². The molecule has 204 valence electrons. The van der Waals surface area contributed by atoms with Crippen molar-refractivity contribution in [2.45, 2.75) is 13.0 Å². The zero-order valence-electron chi connectivity index (χ0n) is 20.5. The standard InChI is InChI=1S/C25H22FN3O7S3/c1-38(31,32)27-23(30)15-29-20-13-18(26)7-8-22(20)37-25(29)14-24-28(9-4-10-39(33,34)35)19-11-16-5-2-3-6-17(16)12-21(19)36-24/h2-3,5-8,11-14H,4,9-10,15H2,1H3,(H-,27,30,33,34,35)/p+1. The van der Waals surface area contributed by atoms with Gasteiger partial charge in [0.2, 0.25) is 28.0 Å². The number of nitrogens with zero attached hydrogens (tertiary/aromatic N) is 2. The average Bonchev–Trinajstić information content (AvgIpc) is 3.32. The van der Waals surface area contributed by atoms with Crippen molar-refractivity contribution in [3.63, 3.8) is 0 Å². The minimum Gasteiger partial charge on any atom is -0.438 e. The molecule has 0 aliphatic carbocycles. The van der Waals surface area contributed by atoms with Crippen LogP contribution in [0.3, 0.4) is 0 Å². The fourth-order valence-corrected chi connectivity index (χ4v) is 6.40. The number of carbonyl (C=O) groups excluding carboxylic acids is 1. The van der Waals surface area contributed by atoms with Crippen LogP contribution in [0.25, 0.3) is 27.1 Å². The summed E-state index contributed by atoms with van der Waals surface area (Å²) in [5, 5.41) is 2.33. The van der Waals surface area contributed by atoms with Crippen molar-refractivity contribution in [2.24, 2.45) is 0 Å². The smallest absolute Gasteiger partial charge is 0.299 e. The molecule has 0 atom stereocenters. The summed E-state index contributed by atoms with van der Waals surface area (Å²) in [6.45, 7) is -0.222. The summed E-state index contributed by atoms with van der Waals surface area (Å²) < 4.78 is 79.5. The number of halogens is 1. The van der Waals surface area contributed by atoms with Crippen molar-refractivity contribution >= 4 is 70.1 Å². The van der Waals surface area contributed by atoms with Crippen LogP contribution in [0.5, 0.6) is 5.75 Å². The van der Waals surface area contributed by atoms with Crippen LogP contribution in [0.4, 0.5) is 10.1 Å². The Morgan fingerprint density at radius 2 is 1.85 bits per heavy atom. The zero-order chi connectivity index (χ0) is 27.9. The predicted octanol–water partition coefficient (Wildman–Crippen LogP) is 3.03. The van der Waals surface area contributed by atoms with Crippen molar-refractivity contribution < 1.29 is 39.9 Å². The number of rotatable bonds is 8. The second-order valence-corrected chi connectivity index (χ2v) is 13.4. The maximum atomic E-state index is 14.1. The van der Waals surface area contributed by atoms with Gasteiger partial charge < -0.3 is 9.64 Å². The molecule has 2 N–H and O–H groups in total. The Morgan fingerprint density at radius 3 is 2.54 bits per heavy atom. The van der Waals surface area contributed by atoms with E-state index in [1.165, 1.54) is 28.0 Å². The van der Waals surface area contributed by atoms with E-state index in [4.69, 9.17) is 4.74 Å². The fourth-order valence-electron chi connectivity index (χ4n) is 4.36. The first-order chi connectivity index (χ1) is 18.4. The van der Waals surface area contributed by atoms with Crippen LogP contribution < -0.4 is 18.9 Å². The van der Waals surface area contributed by atoms with Gasteiger partial charge >= 0.3 is 0 Å². The Balaban J connectivity index is 1.59. The molecule has 1 aliphatic heterocycles. The largest absolute Gasteiger partial charge is 0.438 e. The summed E-state index contributed by atoms with van der Waals surface area (Å²) in [5.74, 6) is -0.939. The third kappa shape index (κ3) is 6.19. The topological polar surface area (TPSA) is 134 Å². The normalized spacial score (nSPS) is 14.6. The number of aromatic nitrogens is 1. The van der Waals surface area contributed by atoms with Crippen LogP contribution in [-0.2, 0) is 31.5 Å². The summed E-state index contributed by atoms with van der Waals surface area (Å²) in [6.07, 6.45) is 2.59. The summed E-state index contributed by atoms with van der Waals surface area (Å²) in [4.78, 5) is 14.3. The van der Waals surface area contributed by atoms with Crippen molar-refractivity contribution in [1.82, 2.24) is 4.72 Å². The number of hydrogen-bond donors (Lipinski definition) is 2. The van der Waals surface area contributed by atoms with Gasteiger partial charge in [-0.25, -0.2) is 17.5 Å². The number of ether oxygens (including phenoxy) is 1. The molecule has 0 radical (unpaired) electrons. The second-order valence-electron chi connectivity index (χ2n) is 8.98. The molecule has 0 fully saturated rings. The number of fused-ring (bicyclic) bond motifs is 3. The zero-order valence-corrected chi connectivity index (χ0v) is 22.9. The molecule has 39 heavy (non-hydrogen) atoms. The predicted molar refractivity (Wildman–Crippen MR) is 146 cm³/mol. The first kappa shape index (κ1) is 27.0. The van der Waals surface area contributed by atoms with Crippen LogP contribution in [0.2, 0.25) is 0 Å². The molecule has 2 heterocycles. The van der Waals surface area contributed by atoms with Gasteiger partial charge in [-0.2, -0.15) is 13.0 Å².